The van der Waals surface area contributed by atoms with Crippen LogP contribution < -0.4 is 0 Å². The fourth-order valence-corrected chi connectivity index (χ4v) is 3.28. The average molecular weight is 358 g/mol. The van der Waals surface area contributed by atoms with E-state index in [4.69, 9.17) is 18.1 Å². The van der Waals surface area contributed by atoms with Crippen molar-refractivity contribution in [3.8, 4) is 0 Å². The highest BCUT2D eigenvalue weighted by molar-refractivity contribution is 7.85. The van der Waals surface area contributed by atoms with E-state index in [1.165, 1.54) is 39.2 Å². The van der Waals surface area contributed by atoms with E-state index in [1.807, 2.05) is 0 Å². The summed E-state index contributed by atoms with van der Waals surface area (Å²) >= 11 is 0. The van der Waals surface area contributed by atoms with Gasteiger partial charge in [-0.2, -0.15) is 8.42 Å². The van der Waals surface area contributed by atoms with Crippen molar-refractivity contribution in [2.75, 3.05) is 26.1 Å². The lowest BCUT2D eigenvalue weighted by Crippen LogP contribution is -2.05. The van der Waals surface area contributed by atoms with Gasteiger partial charge in [0.1, 0.15) is 0 Å². The molecule has 0 aliphatic rings. The van der Waals surface area contributed by atoms with Crippen LogP contribution in [0.5, 0.6) is 0 Å². The average Bonchev–Trinajstić information content (AvgIpc) is 2.46. The molecule has 0 aliphatic carbocycles. The SMILES string of the molecule is CCCCCCCCCOP(OC)OCCCCS(=O)(=O)O. The molecule has 22 heavy (non-hydrogen) atoms. The monoisotopic (exact) mass is 358 g/mol. The fraction of sp³-hybridized carbons (Fsp3) is 1.00. The third kappa shape index (κ3) is 16.6. The van der Waals surface area contributed by atoms with E-state index in [9.17, 15) is 8.42 Å². The Morgan fingerprint density at radius 1 is 0.864 bits per heavy atom. The van der Waals surface area contributed by atoms with Gasteiger partial charge in [0.25, 0.3) is 10.1 Å². The molecule has 8 heteroatoms. The van der Waals surface area contributed by atoms with E-state index in [1.54, 1.807) is 0 Å². The summed E-state index contributed by atoms with van der Waals surface area (Å²) in [5, 5.41) is 0. The molecule has 0 spiro atoms. The van der Waals surface area contributed by atoms with Crippen LogP contribution in [0.2, 0.25) is 0 Å². The summed E-state index contributed by atoms with van der Waals surface area (Å²) in [6.45, 7) is 3.20. The Morgan fingerprint density at radius 3 is 1.86 bits per heavy atom. The molecule has 0 aromatic heterocycles. The van der Waals surface area contributed by atoms with Gasteiger partial charge in [-0.3, -0.25) is 4.55 Å². The summed E-state index contributed by atoms with van der Waals surface area (Å²) in [6.07, 6.45) is 9.49. The van der Waals surface area contributed by atoms with Gasteiger partial charge in [-0.05, 0) is 19.3 Å². The van der Waals surface area contributed by atoms with E-state index in [0.717, 1.165) is 12.8 Å². The number of unbranched alkanes of at least 4 members (excludes halogenated alkanes) is 7. The van der Waals surface area contributed by atoms with Crippen molar-refractivity contribution in [1.29, 1.82) is 0 Å². The van der Waals surface area contributed by atoms with Crippen LogP contribution in [0.1, 0.15) is 64.7 Å². The van der Waals surface area contributed by atoms with Crippen molar-refractivity contribution in [1.82, 2.24) is 0 Å². The first-order chi connectivity index (χ1) is 10.5. The van der Waals surface area contributed by atoms with Crippen molar-refractivity contribution >= 4 is 18.7 Å². The third-order valence-corrected chi connectivity index (χ3v) is 4.98. The first-order valence-electron chi connectivity index (χ1n) is 8.05. The maximum Gasteiger partial charge on any atom is 0.332 e. The molecule has 0 aromatic rings. The minimum atomic E-state index is -3.87. The van der Waals surface area contributed by atoms with Crippen LogP contribution in [0, 0.1) is 0 Å². The van der Waals surface area contributed by atoms with Crippen molar-refractivity contribution in [2.45, 2.75) is 64.7 Å². The molecule has 0 aromatic carbocycles. The summed E-state index contributed by atoms with van der Waals surface area (Å²) in [6, 6.07) is 0. The third-order valence-electron chi connectivity index (χ3n) is 3.09. The number of hydrogen-bond acceptors (Lipinski definition) is 5. The van der Waals surface area contributed by atoms with Gasteiger partial charge >= 0.3 is 8.60 Å². The van der Waals surface area contributed by atoms with Gasteiger partial charge in [0.2, 0.25) is 0 Å². The molecular formula is C14H31O6PS. The smallest absolute Gasteiger partial charge is 0.316 e. The van der Waals surface area contributed by atoms with Crippen LogP contribution in [0.4, 0.5) is 0 Å². The molecule has 0 amide bonds. The van der Waals surface area contributed by atoms with E-state index < -0.39 is 18.7 Å². The molecule has 0 heterocycles. The normalized spacial score (nSPS) is 13.4. The first kappa shape index (κ1) is 22.2. The van der Waals surface area contributed by atoms with E-state index in [-0.39, 0.29) is 5.75 Å². The van der Waals surface area contributed by atoms with Gasteiger partial charge in [-0.1, -0.05) is 45.4 Å². The molecule has 0 saturated carbocycles. The topological polar surface area (TPSA) is 82.1 Å². The van der Waals surface area contributed by atoms with Crippen LogP contribution in [0.15, 0.2) is 0 Å². The molecule has 0 radical (unpaired) electrons. The highest BCUT2D eigenvalue weighted by atomic mass is 32.2. The van der Waals surface area contributed by atoms with Gasteiger partial charge < -0.3 is 13.6 Å². The quantitative estimate of drug-likeness (QED) is 0.251. The Morgan fingerprint density at radius 2 is 1.36 bits per heavy atom. The summed E-state index contributed by atoms with van der Waals surface area (Å²) < 4.78 is 45.7. The fourth-order valence-electron chi connectivity index (χ4n) is 1.87. The van der Waals surface area contributed by atoms with Crippen molar-refractivity contribution in [2.24, 2.45) is 0 Å². The Bertz CT molecular complexity index is 336. The minimum Gasteiger partial charge on any atom is -0.316 e. The molecule has 1 atom stereocenters. The van der Waals surface area contributed by atoms with Crippen molar-refractivity contribution in [3.63, 3.8) is 0 Å². The second-order valence-electron chi connectivity index (χ2n) is 5.19. The van der Waals surface area contributed by atoms with Crippen LogP contribution in [0.3, 0.4) is 0 Å². The standard InChI is InChI=1S/C14H31O6PS/c1-3-4-5-6-7-8-9-12-19-21(18-2)20-13-10-11-14-22(15,16)17/h3-14H2,1-2H3,(H,15,16,17). The largest absolute Gasteiger partial charge is 0.332 e. The van der Waals surface area contributed by atoms with Crippen LogP contribution in [-0.4, -0.2) is 39.0 Å². The van der Waals surface area contributed by atoms with E-state index in [2.05, 4.69) is 6.92 Å². The van der Waals surface area contributed by atoms with Crippen molar-refractivity contribution < 1.29 is 26.5 Å². The zero-order valence-electron chi connectivity index (χ0n) is 13.8. The minimum absolute atomic E-state index is 0.236. The molecule has 134 valence electrons. The summed E-state index contributed by atoms with van der Waals surface area (Å²) in [5.74, 6) is -0.236. The zero-order valence-corrected chi connectivity index (χ0v) is 15.5. The van der Waals surface area contributed by atoms with Gasteiger partial charge in [0.15, 0.2) is 0 Å². The molecule has 1 unspecified atom stereocenters. The van der Waals surface area contributed by atoms with E-state index >= 15 is 0 Å². The molecule has 0 aliphatic heterocycles. The second-order valence-corrected chi connectivity index (χ2v) is 8.09. The predicted octanol–water partition coefficient (Wildman–Crippen LogP) is 4.31. The lowest BCUT2D eigenvalue weighted by Gasteiger charge is -2.14. The first-order valence-corrected chi connectivity index (χ1v) is 10.7. The van der Waals surface area contributed by atoms with Crippen LogP contribution >= 0.6 is 8.60 Å². The lowest BCUT2D eigenvalue weighted by molar-refractivity contribution is 0.176. The van der Waals surface area contributed by atoms with Crippen LogP contribution in [0.25, 0.3) is 0 Å². The molecule has 0 saturated heterocycles. The summed E-state index contributed by atoms with van der Waals surface area (Å²) in [7, 11) is -3.68. The zero-order chi connectivity index (χ0) is 16.7. The molecule has 0 rings (SSSR count). The van der Waals surface area contributed by atoms with Gasteiger partial charge in [-0.25, -0.2) is 0 Å². The van der Waals surface area contributed by atoms with Crippen LogP contribution in [-0.2, 0) is 23.7 Å². The Hall–Kier alpha value is 0.220. The van der Waals surface area contributed by atoms with Gasteiger partial charge in [0.05, 0.1) is 19.0 Å². The van der Waals surface area contributed by atoms with E-state index in [0.29, 0.717) is 26.1 Å². The van der Waals surface area contributed by atoms with Gasteiger partial charge in [-0.15, -0.1) is 0 Å². The number of rotatable bonds is 16. The highest BCUT2D eigenvalue weighted by Gasteiger charge is 2.10. The Labute approximate surface area is 136 Å². The molecule has 0 fully saturated rings. The second kappa shape index (κ2) is 14.8. The molecular weight excluding hydrogens is 327 g/mol. The Balaban J connectivity index is 3.43. The molecule has 1 N–H and O–H groups in total. The summed E-state index contributed by atoms with van der Waals surface area (Å²) in [5.41, 5.74) is 0. The number of hydrogen-bond donors (Lipinski definition) is 1. The molecule has 0 bridgehead atoms. The maximum atomic E-state index is 10.5. The highest BCUT2D eigenvalue weighted by Crippen LogP contribution is 2.38. The summed E-state index contributed by atoms with van der Waals surface area (Å²) in [4.78, 5) is 0. The Kier molecular flexibility index (Phi) is 14.9. The lowest BCUT2D eigenvalue weighted by atomic mass is 10.1. The molecule has 6 nitrogen and oxygen atoms in total. The van der Waals surface area contributed by atoms with Gasteiger partial charge in [0, 0.05) is 7.11 Å². The maximum absolute atomic E-state index is 10.5. The van der Waals surface area contributed by atoms with Crippen molar-refractivity contribution in [3.05, 3.63) is 0 Å². The predicted molar refractivity (Wildman–Crippen MR) is 89.5 cm³/mol.